The molecule has 8 heteroatoms. The minimum atomic E-state index is -0.251. The largest absolute Gasteiger partial charge is 0.496 e. The van der Waals surface area contributed by atoms with Gasteiger partial charge in [0.05, 0.1) is 25.0 Å². The van der Waals surface area contributed by atoms with E-state index in [2.05, 4.69) is 44.0 Å². The molecule has 1 atom stereocenters. The summed E-state index contributed by atoms with van der Waals surface area (Å²) in [4.78, 5) is 15.0. The lowest BCUT2D eigenvalue weighted by atomic mass is 10.1. The maximum atomic E-state index is 12.6. The summed E-state index contributed by atoms with van der Waals surface area (Å²) in [7, 11) is 1.70. The van der Waals surface area contributed by atoms with E-state index in [1.807, 2.05) is 13.0 Å². The Morgan fingerprint density at radius 1 is 1.23 bits per heavy atom. The summed E-state index contributed by atoms with van der Waals surface area (Å²) < 4.78 is 12.8. The molecule has 1 aliphatic rings. The van der Waals surface area contributed by atoms with E-state index in [4.69, 9.17) is 9.15 Å². The van der Waals surface area contributed by atoms with Crippen LogP contribution >= 0.6 is 0 Å². The highest BCUT2D eigenvalue weighted by atomic mass is 16.5. The lowest BCUT2D eigenvalue weighted by Gasteiger charge is -2.20. The third-order valence-electron chi connectivity index (χ3n) is 5.85. The highest BCUT2D eigenvalue weighted by molar-refractivity contribution is 5.95. The Hall–Kier alpha value is -3.13. The molecular weight excluding hydrogens is 394 g/mol. The van der Waals surface area contributed by atoms with E-state index in [1.165, 1.54) is 11.8 Å². The molecule has 8 nitrogen and oxygen atoms in total. The maximum Gasteiger partial charge on any atom is 0.255 e. The van der Waals surface area contributed by atoms with Gasteiger partial charge in [0.25, 0.3) is 5.91 Å². The predicted molar refractivity (Wildman–Crippen MR) is 116 cm³/mol. The monoisotopic (exact) mass is 423 g/mol. The zero-order valence-corrected chi connectivity index (χ0v) is 18.5. The molecule has 1 amide bonds. The highest BCUT2D eigenvalue weighted by Crippen LogP contribution is 2.21. The van der Waals surface area contributed by atoms with E-state index < -0.39 is 0 Å². The highest BCUT2D eigenvalue weighted by Gasteiger charge is 2.24. The van der Waals surface area contributed by atoms with Crippen molar-refractivity contribution in [2.24, 2.45) is 0 Å². The number of rotatable bonds is 6. The van der Waals surface area contributed by atoms with Crippen LogP contribution in [0.25, 0.3) is 0 Å². The number of benzene rings is 1. The van der Waals surface area contributed by atoms with E-state index in [1.54, 1.807) is 20.1 Å². The van der Waals surface area contributed by atoms with Gasteiger partial charge < -0.3 is 19.0 Å². The number of nitrogens with zero attached hydrogens (tertiary/aromatic N) is 4. The van der Waals surface area contributed by atoms with Crippen LogP contribution in [-0.4, -0.2) is 45.8 Å². The molecule has 0 saturated heterocycles. The van der Waals surface area contributed by atoms with Crippen LogP contribution in [0.4, 0.5) is 0 Å². The quantitative estimate of drug-likeness (QED) is 0.656. The second-order valence-corrected chi connectivity index (χ2v) is 8.04. The lowest BCUT2D eigenvalue weighted by molar-refractivity contribution is 0.0936. The number of ether oxygens (including phenoxy) is 1. The first-order valence-electron chi connectivity index (χ1n) is 10.6. The predicted octanol–water partition coefficient (Wildman–Crippen LogP) is 3.05. The van der Waals surface area contributed by atoms with Crippen molar-refractivity contribution in [2.45, 2.75) is 46.3 Å². The zero-order chi connectivity index (χ0) is 22.0. The van der Waals surface area contributed by atoms with E-state index >= 15 is 0 Å². The Balaban J connectivity index is 1.42. The summed E-state index contributed by atoms with van der Waals surface area (Å²) in [6, 6.07) is 7.77. The molecule has 2 aromatic heterocycles. The lowest BCUT2D eigenvalue weighted by Crippen LogP contribution is -2.30. The van der Waals surface area contributed by atoms with Crippen LogP contribution in [-0.2, 0) is 19.5 Å². The van der Waals surface area contributed by atoms with Crippen molar-refractivity contribution in [1.82, 2.24) is 25.0 Å². The Labute approximate surface area is 182 Å². The number of hydrogen-bond acceptors (Lipinski definition) is 6. The van der Waals surface area contributed by atoms with Crippen molar-refractivity contribution in [3.05, 3.63) is 64.6 Å². The van der Waals surface area contributed by atoms with Gasteiger partial charge in [-0.1, -0.05) is 12.1 Å². The number of methoxy groups -OCH3 is 1. The number of nitrogens with one attached hydrogen (secondary N) is 1. The Kier molecular flexibility index (Phi) is 6.08. The molecule has 1 aromatic carbocycles. The van der Waals surface area contributed by atoms with Crippen molar-refractivity contribution >= 4 is 5.91 Å². The number of hydrogen-bond donors (Lipinski definition) is 1. The van der Waals surface area contributed by atoms with Crippen LogP contribution < -0.4 is 10.1 Å². The fourth-order valence-electron chi connectivity index (χ4n) is 4.12. The smallest absolute Gasteiger partial charge is 0.255 e. The van der Waals surface area contributed by atoms with E-state index in [0.29, 0.717) is 11.3 Å². The first-order chi connectivity index (χ1) is 15.0. The average Bonchev–Trinajstić information content (AvgIpc) is 3.31. The second-order valence-electron chi connectivity index (χ2n) is 8.04. The van der Waals surface area contributed by atoms with E-state index in [-0.39, 0.29) is 11.9 Å². The van der Waals surface area contributed by atoms with Crippen molar-refractivity contribution < 1.29 is 13.9 Å². The number of aryl methyl sites for hydroxylation is 2. The maximum absolute atomic E-state index is 12.6. The van der Waals surface area contributed by atoms with Gasteiger partial charge in [0.15, 0.2) is 5.82 Å². The summed E-state index contributed by atoms with van der Waals surface area (Å²) >= 11 is 0. The van der Waals surface area contributed by atoms with Crippen molar-refractivity contribution in [1.29, 1.82) is 0 Å². The van der Waals surface area contributed by atoms with Gasteiger partial charge >= 0.3 is 0 Å². The Morgan fingerprint density at radius 2 is 2.06 bits per heavy atom. The molecule has 1 N–H and O–H groups in total. The fraction of sp³-hybridized carbons (Fsp3) is 0.435. The van der Waals surface area contributed by atoms with Crippen LogP contribution in [0.2, 0.25) is 0 Å². The summed E-state index contributed by atoms with van der Waals surface area (Å²) in [6.45, 7) is 9.26. The van der Waals surface area contributed by atoms with E-state index in [9.17, 15) is 4.79 Å². The topological polar surface area (TPSA) is 85.4 Å². The van der Waals surface area contributed by atoms with Crippen LogP contribution in [0.15, 0.2) is 34.9 Å². The molecule has 164 valence electrons. The molecule has 0 unspecified atom stereocenters. The molecule has 0 bridgehead atoms. The van der Waals surface area contributed by atoms with Gasteiger partial charge in [-0.2, -0.15) is 0 Å². The number of carbonyl (C=O) groups is 1. The second kappa shape index (κ2) is 8.93. The van der Waals surface area contributed by atoms with Gasteiger partial charge in [0.1, 0.15) is 17.3 Å². The van der Waals surface area contributed by atoms with Gasteiger partial charge in [0, 0.05) is 32.6 Å². The molecule has 0 aliphatic carbocycles. The number of amides is 1. The zero-order valence-electron chi connectivity index (χ0n) is 18.5. The molecule has 3 aromatic rings. The number of aromatic nitrogens is 3. The van der Waals surface area contributed by atoms with Gasteiger partial charge in [0.2, 0.25) is 0 Å². The Bertz CT molecular complexity index is 1070. The molecular formula is C23H29N5O3. The molecule has 4 rings (SSSR count). The molecule has 0 saturated carbocycles. The van der Waals surface area contributed by atoms with Crippen LogP contribution in [0.3, 0.4) is 0 Å². The third kappa shape index (κ3) is 4.49. The summed E-state index contributed by atoms with van der Waals surface area (Å²) in [5.74, 6) is 3.10. The molecule has 0 spiro atoms. The third-order valence-corrected chi connectivity index (χ3v) is 5.85. The minimum absolute atomic E-state index is 0.166. The van der Waals surface area contributed by atoms with Crippen molar-refractivity contribution in [3.63, 3.8) is 0 Å². The van der Waals surface area contributed by atoms with Crippen molar-refractivity contribution in [3.8, 4) is 5.75 Å². The minimum Gasteiger partial charge on any atom is -0.496 e. The van der Waals surface area contributed by atoms with Gasteiger partial charge in [-0.25, -0.2) is 0 Å². The fourth-order valence-corrected chi connectivity index (χ4v) is 4.12. The molecule has 0 fully saturated rings. The number of carbonyl (C=O) groups excluding carboxylic acids is 1. The summed E-state index contributed by atoms with van der Waals surface area (Å²) in [5, 5.41) is 11.8. The normalized spacial score (nSPS) is 15.2. The molecule has 1 aliphatic heterocycles. The first kappa shape index (κ1) is 21.1. The summed E-state index contributed by atoms with van der Waals surface area (Å²) in [6.07, 6.45) is 2.35. The van der Waals surface area contributed by atoms with Gasteiger partial charge in [-0.15, -0.1) is 10.2 Å². The molecule has 3 heterocycles. The number of fused-ring (bicyclic) bond motifs is 1. The van der Waals surface area contributed by atoms with Gasteiger partial charge in [-0.3, -0.25) is 9.69 Å². The first-order valence-corrected chi connectivity index (χ1v) is 10.6. The van der Waals surface area contributed by atoms with Crippen LogP contribution in [0.1, 0.15) is 51.9 Å². The van der Waals surface area contributed by atoms with Gasteiger partial charge in [-0.05, 0) is 44.0 Å². The standard InChI is InChI=1S/C23H29N5O3/c1-15-13-18(5-6-20(15)30-4)14-27-9-7-21-25-26-22(28(21)11-10-27)16(2)24-23(29)19-8-12-31-17(19)3/h5-6,8,12-13,16H,7,9-11,14H2,1-4H3,(H,24,29)/t16-/m0/s1. The van der Waals surface area contributed by atoms with Crippen molar-refractivity contribution in [2.75, 3.05) is 20.2 Å². The number of furan rings is 1. The average molecular weight is 424 g/mol. The molecule has 0 radical (unpaired) electrons. The molecule has 31 heavy (non-hydrogen) atoms. The summed E-state index contributed by atoms with van der Waals surface area (Å²) in [5.41, 5.74) is 2.96. The van der Waals surface area contributed by atoms with Crippen LogP contribution in [0.5, 0.6) is 5.75 Å². The Morgan fingerprint density at radius 3 is 2.77 bits per heavy atom. The van der Waals surface area contributed by atoms with E-state index in [0.717, 1.165) is 55.6 Å². The SMILES string of the molecule is COc1ccc(CN2CCc3nnc([C@H](C)NC(=O)c4ccoc4C)n3CC2)cc1C. The van der Waals surface area contributed by atoms with Crippen LogP contribution in [0, 0.1) is 13.8 Å².